The lowest BCUT2D eigenvalue weighted by molar-refractivity contribution is 0.656. The summed E-state index contributed by atoms with van der Waals surface area (Å²) in [6, 6.07) is 4.48. The fraction of sp³-hybridized carbons (Fsp3) is 0.500. The molecule has 1 atom stereocenters. The summed E-state index contributed by atoms with van der Waals surface area (Å²) in [7, 11) is 1.98. The van der Waals surface area contributed by atoms with E-state index in [-0.39, 0.29) is 0 Å². The number of nitriles is 1. The second kappa shape index (κ2) is 4.79. The van der Waals surface area contributed by atoms with E-state index in [1.165, 1.54) is 0 Å². The van der Waals surface area contributed by atoms with E-state index < -0.39 is 0 Å². The molecule has 3 nitrogen and oxygen atoms in total. The van der Waals surface area contributed by atoms with Crippen molar-refractivity contribution in [2.45, 2.75) is 33.2 Å². The molecule has 1 rings (SSSR count). The third-order valence-corrected chi connectivity index (χ3v) is 2.84. The number of aryl methyl sites for hydroxylation is 1. The van der Waals surface area contributed by atoms with Crippen molar-refractivity contribution in [1.82, 2.24) is 4.98 Å². The highest BCUT2D eigenvalue weighted by Crippen LogP contribution is 2.21. The summed E-state index contributed by atoms with van der Waals surface area (Å²) in [5.74, 6) is 0.784. The zero-order chi connectivity index (χ0) is 11.4. The minimum absolute atomic E-state index is 0.395. The monoisotopic (exact) mass is 203 g/mol. The van der Waals surface area contributed by atoms with Gasteiger partial charge >= 0.3 is 0 Å². The average Bonchev–Trinajstić information content (AvgIpc) is 2.26. The van der Waals surface area contributed by atoms with E-state index in [1.807, 2.05) is 20.0 Å². The predicted molar refractivity (Wildman–Crippen MR) is 61.8 cm³/mol. The molecular formula is C12H17N3. The molecule has 0 aliphatic heterocycles. The Morgan fingerprint density at radius 1 is 1.60 bits per heavy atom. The van der Waals surface area contributed by atoms with Crippen molar-refractivity contribution in [3.8, 4) is 6.07 Å². The third-order valence-electron chi connectivity index (χ3n) is 2.84. The predicted octanol–water partition coefficient (Wildman–Crippen LogP) is 2.50. The standard InChI is InChI=1S/C12H17N3/c1-5-10(3)15(4)12-11(8-13)9(2)6-7-14-12/h6-7,10H,5H2,1-4H3. The van der Waals surface area contributed by atoms with Gasteiger partial charge in [0.15, 0.2) is 0 Å². The van der Waals surface area contributed by atoms with Gasteiger partial charge in [-0.3, -0.25) is 0 Å². The van der Waals surface area contributed by atoms with Gasteiger partial charge in [-0.1, -0.05) is 6.92 Å². The molecule has 3 heteroatoms. The van der Waals surface area contributed by atoms with Crippen molar-refractivity contribution in [3.63, 3.8) is 0 Å². The van der Waals surface area contributed by atoms with Crippen LogP contribution in [-0.4, -0.2) is 18.1 Å². The van der Waals surface area contributed by atoms with Crippen molar-refractivity contribution < 1.29 is 0 Å². The molecule has 0 amide bonds. The molecule has 0 saturated heterocycles. The van der Waals surface area contributed by atoms with Crippen molar-refractivity contribution in [2.75, 3.05) is 11.9 Å². The van der Waals surface area contributed by atoms with E-state index in [0.717, 1.165) is 17.8 Å². The molecule has 15 heavy (non-hydrogen) atoms. The Morgan fingerprint density at radius 2 is 2.27 bits per heavy atom. The number of pyridine rings is 1. The maximum Gasteiger partial charge on any atom is 0.146 e. The lowest BCUT2D eigenvalue weighted by Gasteiger charge is -2.26. The van der Waals surface area contributed by atoms with Crippen LogP contribution in [0.1, 0.15) is 31.4 Å². The summed E-state index contributed by atoms with van der Waals surface area (Å²) >= 11 is 0. The van der Waals surface area contributed by atoms with Crippen LogP contribution in [-0.2, 0) is 0 Å². The van der Waals surface area contributed by atoms with Crippen LogP contribution in [0.5, 0.6) is 0 Å². The SMILES string of the molecule is CCC(C)N(C)c1nccc(C)c1C#N. The van der Waals surface area contributed by atoms with Gasteiger partial charge in [0.1, 0.15) is 11.9 Å². The van der Waals surface area contributed by atoms with Crippen molar-refractivity contribution in [1.29, 1.82) is 5.26 Å². The quantitative estimate of drug-likeness (QED) is 0.757. The second-order valence-electron chi connectivity index (χ2n) is 3.81. The Labute approximate surface area is 91.4 Å². The van der Waals surface area contributed by atoms with Gasteiger partial charge in [-0.25, -0.2) is 4.98 Å². The van der Waals surface area contributed by atoms with Gasteiger partial charge in [0.25, 0.3) is 0 Å². The molecule has 1 aromatic heterocycles. The molecule has 0 N–H and O–H groups in total. The second-order valence-corrected chi connectivity index (χ2v) is 3.81. The summed E-state index contributed by atoms with van der Waals surface area (Å²) in [4.78, 5) is 6.34. The zero-order valence-electron chi connectivity index (χ0n) is 9.78. The molecular weight excluding hydrogens is 186 g/mol. The highest BCUT2D eigenvalue weighted by molar-refractivity contribution is 5.57. The molecule has 0 radical (unpaired) electrons. The van der Waals surface area contributed by atoms with Gasteiger partial charge in [0, 0.05) is 19.3 Å². The lowest BCUT2D eigenvalue weighted by Crippen LogP contribution is -2.29. The fourth-order valence-corrected chi connectivity index (χ4v) is 1.43. The Bertz CT molecular complexity index is 379. The molecule has 0 aliphatic rings. The minimum atomic E-state index is 0.395. The first-order chi connectivity index (χ1) is 7.11. The van der Waals surface area contributed by atoms with Crippen LogP contribution in [0, 0.1) is 18.3 Å². The summed E-state index contributed by atoms with van der Waals surface area (Å²) in [6.45, 7) is 6.20. The van der Waals surface area contributed by atoms with Gasteiger partial charge in [0.05, 0.1) is 5.56 Å². The fourth-order valence-electron chi connectivity index (χ4n) is 1.43. The molecule has 0 aromatic carbocycles. The van der Waals surface area contributed by atoms with Gasteiger partial charge in [-0.2, -0.15) is 5.26 Å². The summed E-state index contributed by atoms with van der Waals surface area (Å²) in [5, 5.41) is 9.09. The van der Waals surface area contributed by atoms with Crippen molar-refractivity contribution in [2.24, 2.45) is 0 Å². The highest BCUT2D eigenvalue weighted by Gasteiger charge is 2.14. The maximum absolute atomic E-state index is 9.09. The first kappa shape index (κ1) is 11.5. The van der Waals surface area contributed by atoms with E-state index in [1.54, 1.807) is 6.20 Å². The van der Waals surface area contributed by atoms with Gasteiger partial charge in [-0.15, -0.1) is 0 Å². The first-order valence-electron chi connectivity index (χ1n) is 5.20. The Kier molecular flexibility index (Phi) is 3.68. The third kappa shape index (κ3) is 2.27. The highest BCUT2D eigenvalue weighted by atomic mass is 15.2. The molecule has 0 fully saturated rings. The lowest BCUT2D eigenvalue weighted by atomic mass is 10.1. The smallest absolute Gasteiger partial charge is 0.146 e. The molecule has 0 saturated carbocycles. The number of aromatic nitrogens is 1. The van der Waals surface area contributed by atoms with Crippen LogP contribution in [0.15, 0.2) is 12.3 Å². The minimum Gasteiger partial charge on any atom is -0.356 e. The topological polar surface area (TPSA) is 39.9 Å². The Morgan fingerprint density at radius 3 is 2.80 bits per heavy atom. The van der Waals surface area contributed by atoms with E-state index in [4.69, 9.17) is 5.26 Å². The van der Waals surface area contributed by atoms with Crippen LogP contribution < -0.4 is 4.90 Å². The van der Waals surface area contributed by atoms with Crippen LogP contribution in [0.2, 0.25) is 0 Å². The Hall–Kier alpha value is -1.56. The van der Waals surface area contributed by atoms with Crippen LogP contribution >= 0.6 is 0 Å². The van der Waals surface area contributed by atoms with Crippen LogP contribution in [0.25, 0.3) is 0 Å². The van der Waals surface area contributed by atoms with E-state index >= 15 is 0 Å². The number of hydrogen-bond donors (Lipinski definition) is 0. The molecule has 0 spiro atoms. The van der Waals surface area contributed by atoms with Gasteiger partial charge < -0.3 is 4.90 Å². The number of rotatable bonds is 3. The molecule has 1 unspecified atom stereocenters. The first-order valence-corrected chi connectivity index (χ1v) is 5.20. The normalized spacial score (nSPS) is 11.9. The maximum atomic E-state index is 9.09. The molecule has 0 bridgehead atoms. The van der Waals surface area contributed by atoms with Crippen LogP contribution in [0.3, 0.4) is 0 Å². The molecule has 1 heterocycles. The van der Waals surface area contributed by atoms with Gasteiger partial charge in [0.2, 0.25) is 0 Å². The number of hydrogen-bond acceptors (Lipinski definition) is 3. The summed E-state index contributed by atoms with van der Waals surface area (Å²) in [5.41, 5.74) is 1.66. The Balaban J connectivity index is 3.15. The molecule has 1 aromatic rings. The number of anilines is 1. The zero-order valence-corrected chi connectivity index (χ0v) is 9.78. The summed E-state index contributed by atoms with van der Waals surface area (Å²) < 4.78 is 0. The average molecular weight is 203 g/mol. The van der Waals surface area contributed by atoms with Gasteiger partial charge in [-0.05, 0) is 31.9 Å². The summed E-state index contributed by atoms with van der Waals surface area (Å²) in [6.07, 6.45) is 2.79. The molecule has 80 valence electrons. The number of nitrogens with zero attached hydrogens (tertiary/aromatic N) is 3. The van der Waals surface area contributed by atoms with E-state index in [0.29, 0.717) is 11.6 Å². The van der Waals surface area contributed by atoms with E-state index in [9.17, 15) is 0 Å². The molecule has 0 aliphatic carbocycles. The van der Waals surface area contributed by atoms with E-state index in [2.05, 4.69) is 29.8 Å². The van der Waals surface area contributed by atoms with Crippen molar-refractivity contribution in [3.05, 3.63) is 23.4 Å². The van der Waals surface area contributed by atoms with Crippen LogP contribution in [0.4, 0.5) is 5.82 Å². The van der Waals surface area contributed by atoms with Crippen molar-refractivity contribution >= 4 is 5.82 Å². The largest absolute Gasteiger partial charge is 0.356 e.